The Labute approximate surface area is 220 Å². The van der Waals surface area contributed by atoms with E-state index in [0.29, 0.717) is 34.0 Å². The molecule has 0 unspecified atom stereocenters. The average molecular weight is 501 g/mol. The molecule has 0 spiro atoms. The van der Waals surface area contributed by atoms with Gasteiger partial charge in [0.2, 0.25) is 0 Å². The average Bonchev–Trinajstić information content (AvgIpc) is 2.96. The van der Waals surface area contributed by atoms with Crippen molar-refractivity contribution in [3.05, 3.63) is 145 Å². The lowest BCUT2D eigenvalue weighted by Gasteiger charge is -2.09. The van der Waals surface area contributed by atoms with E-state index in [1.165, 1.54) is 0 Å². The van der Waals surface area contributed by atoms with E-state index in [0.717, 1.165) is 11.5 Å². The molecule has 0 radical (unpaired) electrons. The molecule has 0 saturated carbocycles. The third-order valence-electron chi connectivity index (χ3n) is 5.59. The normalized spacial score (nSPS) is 10.3. The van der Waals surface area contributed by atoms with Crippen LogP contribution in [0.25, 0.3) is 0 Å². The van der Waals surface area contributed by atoms with Gasteiger partial charge in [0.15, 0.2) is 0 Å². The lowest BCUT2D eigenvalue weighted by Crippen LogP contribution is -2.14. The topological polar surface area (TPSA) is 76.7 Å². The lowest BCUT2D eigenvalue weighted by atomic mass is 10.1. The highest BCUT2D eigenvalue weighted by molar-refractivity contribution is 6.07. The molecule has 5 aromatic rings. The van der Waals surface area contributed by atoms with Crippen molar-refractivity contribution in [2.24, 2.45) is 0 Å². The molecule has 0 atom stereocenters. The number of benzene rings is 5. The van der Waals surface area contributed by atoms with Crippen molar-refractivity contribution in [3.8, 4) is 23.0 Å². The summed E-state index contributed by atoms with van der Waals surface area (Å²) < 4.78 is 11.5. The van der Waals surface area contributed by atoms with Crippen LogP contribution in [0.15, 0.2) is 133 Å². The van der Waals surface area contributed by atoms with Crippen molar-refractivity contribution in [1.29, 1.82) is 0 Å². The summed E-state index contributed by atoms with van der Waals surface area (Å²) in [5.74, 6) is 2.27. The van der Waals surface area contributed by atoms with Crippen LogP contribution in [0.4, 0.5) is 11.4 Å². The Morgan fingerprint density at radius 2 is 0.711 bits per heavy atom. The highest BCUT2D eigenvalue weighted by atomic mass is 16.5. The van der Waals surface area contributed by atoms with E-state index in [1.807, 2.05) is 60.7 Å². The van der Waals surface area contributed by atoms with Crippen molar-refractivity contribution >= 4 is 23.2 Å². The molecule has 0 heterocycles. The van der Waals surface area contributed by atoms with Gasteiger partial charge >= 0.3 is 0 Å². The Balaban J connectivity index is 1.14. The van der Waals surface area contributed by atoms with Crippen LogP contribution < -0.4 is 20.1 Å². The van der Waals surface area contributed by atoms with E-state index >= 15 is 0 Å². The minimum absolute atomic E-state index is 0.275. The molecule has 38 heavy (non-hydrogen) atoms. The number of para-hydroxylation sites is 2. The molecule has 0 fully saturated rings. The van der Waals surface area contributed by atoms with Crippen LogP contribution in [0.3, 0.4) is 0 Å². The summed E-state index contributed by atoms with van der Waals surface area (Å²) in [6, 6.07) is 39.7. The molecule has 5 aromatic carbocycles. The van der Waals surface area contributed by atoms with E-state index in [1.54, 1.807) is 72.8 Å². The molecule has 0 saturated heterocycles. The van der Waals surface area contributed by atoms with Crippen LogP contribution in [-0.4, -0.2) is 11.8 Å². The van der Waals surface area contributed by atoms with Gasteiger partial charge in [0.25, 0.3) is 11.8 Å². The number of nitrogens with one attached hydrogen (secondary N) is 2. The minimum Gasteiger partial charge on any atom is -0.457 e. The molecule has 0 aliphatic carbocycles. The zero-order valence-corrected chi connectivity index (χ0v) is 20.3. The summed E-state index contributed by atoms with van der Waals surface area (Å²) in [4.78, 5) is 25.3. The summed E-state index contributed by atoms with van der Waals surface area (Å²) in [7, 11) is 0. The van der Waals surface area contributed by atoms with Gasteiger partial charge in [0.1, 0.15) is 23.0 Å². The first-order chi connectivity index (χ1) is 18.6. The van der Waals surface area contributed by atoms with E-state index < -0.39 is 0 Å². The SMILES string of the molecule is O=C(Nc1ccc(Oc2ccccc2)cc1)c1ccc(C(=O)Nc2ccc(Oc3ccccc3)cc2)cc1. The summed E-state index contributed by atoms with van der Waals surface area (Å²) in [5.41, 5.74) is 2.15. The van der Waals surface area contributed by atoms with Crippen molar-refractivity contribution in [1.82, 2.24) is 0 Å². The highest BCUT2D eigenvalue weighted by Gasteiger charge is 2.10. The fourth-order valence-electron chi connectivity index (χ4n) is 3.64. The molecule has 2 amide bonds. The van der Waals surface area contributed by atoms with Gasteiger partial charge in [-0.1, -0.05) is 36.4 Å². The number of hydrogen-bond acceptors (Lipinski definition) is 4. The maximum atomic E-state index is 12.7. The second-order valence-electron chi connectivity index (χ2n) is 8.36. The maximum Gasteiger partial charge on any atom is 0.255 e. The minimum atomic E-state index is -0.275. The number of hydrogen-bond donors (Lipinski definition) is 2. The quantitative estimate of drug-likeness (QED) is 0.228. The first-order valence-corrected chi connectivity index (χ1v) is 12.0. The summed E-state index contributed by atoms with van der Waals surface area (Å²) in [6.45, 7) is 0. The second kappa shape index (κ2) is 11.6. The Kier molecular flexibility index (Phi) is 7.42. The predicted molar refractivity (Wildman–Crippen MR) is 148 cm³/mol. The Hall–Kier alpha value is -5.36. The van der Waals surface area contributed by atoms with Crippen LogP contribution >= 0.6 is 0 Å². The van der Waals surface area contributed by atoms with Gasteiger partial charge in [0.05, 0.1) is 0 Å². The number of anilines is 2. The Morgan fingerprint density at radius 3 is 1.05 bits per heavy atom. The van der Waals surface area contributed by atoms with Crippen LogP contribution in [-0.2, 0) is 0 Å². The van der Waals surface area contributed by atoms with Gasteiger partial charge in [-0.05, 0) is 97.1 Å². The van der Waals surface area contributed by atoms with Gasteiger partial charge in [-0.15, -0.1) is 0 Å². The molecular formula is C32H24N2O4. The van der Waals surface area contributed by atoms with Gasteiger partial charge in [-0.25, -0.2) is 0 Å². The molecule has 6 heteroatoms. The van der Waals surface area contributed by atoms with Gasteiger partial charge in [-0.2, -0.15) is 0 Å². The molecule has 186 valence electrons. The molecule has 0 aliphatic rings. The van der Waals surface area contributed by atoms with Crippen LogP contribution in [0.2, 0.25) is 0 Å². The lowest BCUT2D eigenvalue weighted by molar-refractivity contribution is 0.101. The zero-order chi connectivity index (χ0) is 26.2. The van der Waals surface area contributed by atoms with Crippen molar-refractivity contribution < 1.29 is 19.1 Å². The molecule has 0 aromatic heterocycles. The van der Waals surface area contributed by atoms with Crippen molar-refractivity contribution in [3.63, 3.8) is 0 Å². The molecule has 6 nitrogen and oxygen atoms in total. The standard InChI is InChI=1S/C32H24N2O4/c35-31(33-25-15-19-29(20-16-25)37-27-7-3-1-4-8-27)23-11-13-24(14-12-23)32(36)34-26-17-21-30(22-18-26)38-28-9-5-2-6-10-28/h1-22H,(H,33,35)(H,34,36). The monoisotopic (exact) mass is 500 g/mol. The number of amides is 2. The summed E-state index contributed by atoms with van der Waals surface area (Å²) in [5, 5.41) is 5.71. The van der Waals surface area contributed by atoms with Gasteiger partial charge in [0, 0.05) is 22.5 Å². The van der Waals surface area contributed by atoms with E-state index in [-0.39, 0.29) is 11.8 Å². The van der Waals surface area contributed by atoms with Crippen molar-refractivity contribution in [2.75, 3.05) is 10.6 Å². The smallest absolute Gasteiger partial charge is 0.255 e. The van der Waals surface area contributed by atoms with Crippen molar-refractivity contribution in [2.45, 2.75) is 0 Å². The Bertz CT molecular complexity index is 1380. The molecule has 0 bridgehead atoms. The van der Waals surface area contributed by atoms with E-state index in [2.05, 4.69) is 10.6 Å². The summed E-state index contributed by atoms with van der Waals surface area (Å²) >= 11 is 0. The van der Waals surface area contributed by atoms with Crippen LogP contribution in [0.1, 0.15) is 20.7 Å². The third-order valence-corrected chi connectivity index (χ3v) is 5.59. The zero-order valence-electron chi connectivity index (χ0n) is 20.3. The summed E-state index contributed by atoms with van der Waals surface area (Å²) in [6.07, 6.45) is 0. The molecule has 0 aliphatic heterocycles. The van der Waals surface area contributed by atoms with Crippen LogP contribution in [0.5, 0.6) is 23.0 Å². The fourth-order valence-corrected chi connectivity index (χ4v) is 3.64. The largest absolute Gasteiger partial charge is 0.457 e. The van der Waals surface area contributed by atoms with Gasteiger partial charge in [-0.3, -0.25) is 9.59 Å². The number of rotatable bonds is 8. The number of ether oxygens (including phenoxy) is 2. The molecular weight excluding hydrogens is 476 g/mol. The number of carbonyl (C=O) groups is 2. The second-order valence-corrected chi connectivity index (χ2v) is 8.36. The van der Waals surface area contributed by atoms with Crippen LogP contribution in [0, 0.1) is 0 Å². The third kappa shape index (κ3) is 6.44. The Morgan fingerprint density at radius 1 is 0.395 bits per heavy atom. The van der Waals surface area contributed by atoms with E-state index in [4.69, 9.17) is 9.47 Å². The van der Waals surface area contributed by atoms with Gasteiger partial charge < -0.3 is 20.1 Å². The molecule has 5 rings (SSSR count). The first-order valence-electron chi connectivity index (χ1n) is 12.0. The van der Waals surface area contributed by atoms with E-state index in [9.17, 15) is 9.59 Å². The molecule has 2 N–H and O–H groups in total. The fraction of sp³-hybridized carbons (Fsp3) is 0. The predicted octanol–water partition coefficient (Wildman–Crippen LogP) is 7.78. The maximum absolute atomic E-state index is 12.7. The number of carbonyl (C=O) groups excluding carboxylic acids is 2. The highest BCUT2D eigenvalue weighted by Crippen LogP contribution is 2.24. The first kappa shape index (κ1) is 24.3.